The van der Waals surface area contributed by atoms with Crippen LogP contribution in [0.4, 0.5) is 0 Å². The summed E-state index contributed by atoms with van der Waals surface area (Å²) in [6, 6.07) is 0. The van der Waals surface area contributed by atoms with Gasteiger partial charge in [-0.2, -0.15) is 11.8 Å². The molecular formula is C17H35NO2S. The summed E-state index contributed by atoms with van der Waals surface area (Å²) in [6.07, 6.45) is 10.9. The second-order valence-corrected chi connectivity index (χ2v) is 7.27. The summed E-state index contributed by atoms with van der Waals surface area (Å²) < 4.78 is 5.32. The van der Waals surface area contributed by atoms with E-state index in [2.05, 4.69) is 11.8 Å². The molecule has 0 aromatic rings. The minimum absolute atomic E-state index is 0.179. The maximum Gasteiger partial charge on any atom is 0.0757 e. The Morgan fingerprint density at radius 3 is 2.29 bits per heavy atom. The molecular weight excluding hydrogens is 282 g/mol. The van der Waals surface area contributed by atoms with Crippen molar-refractivity contribution in [3.8, 4) is 0 Å². The number of nitrogens with zero attached hydrogens (tertiary/aromatic N) is 1. The number of β-amino-alcohol motifs (C(OH)–C–C–N with tert-alkyl or cyclic N) is 1. The molecule has 21 heavy (non-hydrogen) atoms. The second kappa shape index (κ2) is 13.9. The van der Waals surface area contributed by atoms with E-state index in [4.69, 9.17) is 4.74 Å². The van der Waals surface area contributed by atoms with Gasteiger partial charge in [-0.3, -0.25) is 4.90 Å². The Labute approximate surface area is 135 Å². The number of hydrogen-bond donors (Lipinski definition) is 1. The summed E-state index contributed by atoms with van der Waals surface area (Å²) >= 11 is 1.91. The van der Waals surface area contributed by atoms with E-state index in [1.165, 1.54) is 57.1 Å². The summed E-state index contributed by atoms with van der Waals surface area (Å²) in [5.41, 5.74) is 0. The topological polar surface area (TPSA) is 32.7 Å². The van der Waals surface area contributed by atoms with Crippen LogP contribution < -0.4 is 0 Å². The normalized spacial score (nSPS) is 18.0. The molecule has 3 nitrogen and oxygen atoms in total. The Morgan fingerprint density at radius 1 is 1.00 bits per heavy atom. The van der Waals surface area contributed by atoms with Gasteiger partial charge in [-0.1, -0.05) is 51.9 Å². The molecule has 0 bridgehead atoms. The van der Waals surface area contributed by atoms with Gasteiger partial charge >= 0.3 is 0 Å². The number of morpholine rings is 1. The van der Waals surface area contributed by atoms with Gasteiger partial charge in [0.25, 0.3) is 0 Å². The molecule has 1 aliphatic rings. The molecule has 0 saturated carbocycles. The number of unbranched alkanes of at least 4 members (excludes halogenated alkanes) is 7. The van der Waals surface area contributed by atoms with Gasteiger partial charge < -0.3 is 9.84 Å². The summed E-state index contributed by atoms with van der Waals surface area (Å²) in [7, 11) is 0. The molecule has 0 aromatic carbocycles. The van der Waals surface area contributed by atoms with Gasteiger partial charge in [-0.25, -0.2) is 0 Å². The highest BCUT2D eigenvalue weighted by atomic mass is 32.2. The van der Waals surface area contributed by atoms with Crippen LogP contribution in [0.25, 0.3) is 0 Å². The molecule has 0 amide bonds. The molecule has 1 atom stereocenters. The summed E-state index contributed by atoms with van der Waals surface area (Å²) in [6.45, 7) is 6.66. The molecule has 1 N–H and O–H groups in total. The lowest BCUT2D eigenvalue weighted by Gasteiger charge is -2.28. The molecule has 1 fully saturated rings. The Hall–Kier alpha value is 0.230. The first-order valence-corrected chi connectivity index (χ1v) is 10.0. The summed E-state index contributed by atoms with van der Waals surface area (Å²) in [5, 5.41) is 10.0. The maximum absolute atomic E-state index is 10.0. The van der Waals surface area contributed by atoms with Crippen LogP contribution in [0.3, 0.4) is 0 Å². The number of aliphatic hydroxyl groups is 1. The van der Waals surface area contributed by atoms with Crippen molar-refractivity contribution < 1.29 is 9.84 Å². The minimum atomic E-state index is -0.179. The average Bonchev–Trinajstić information content (AvgIpc) is 2.50. The molecule has 1 heterocycles. The Bertz CT molecular complexity index is 223. The van der Waals surface area contributed by atoms with E-state index in [9.17, 15) is 5.11 Å². The van der Waals surface area contributed by atoms with Crippen LogP contribution in [-0.4, -0.2) is 60.5 Å². The van der Waals surface area contributed by atoms with E-state index in [1.54, 1.807) is 0 Å². The van der Waals surface area contributed by atoms with Crippen molar-refractivity contribution in [2.75, 3.05) is 44.4 Å². The zero-order valence-corrected chi connectivity index (χ0v) is 14.7. The number of thioether (sulfide) groups is 1. The Morgan fingerprint density at radius 2 is 1.62 bits per heavy atom. The first-order chi connectivity index (χ1) is 10.3. The van der Waals surface area contributed by atoms with Crippen molar-refractivity contribution in [2.24, 2.45) is 0 Å². The molecule has 1 aliphatic heterocycles. The van der Waals surface area contributed by atoms with Crippen LogP contribution >= 0.6 is 11.8 Å². The second-order valence-electron chi connectivity index (χ2n) is 6.12. The van der Waals surface area contributed by atoms with Crippen LogP contribution in [0.15, 0.2) is 0 Å². The first-order valence-electron chi connectivity index (χ1n) is 8.89. The minimum Gasteiger partial charge on any atom is -0.391 e. The molecule has 126 valence electrons. The average molecular weight is 318 g/mol. The fraction of sp³-hybridized carbons (Fsp3) is 1.00. The van der Waals surface area contributed by atoms with E-state index in [1.807, 2.05) is 11.8 Å². The zero-order chi connectivity index (χ0) is 15.2. The third-order valence-corrected chi connectivity index (χ3v) is 5.22. The lowest BCUT2D eigenvalue weighted by atomic mass is 10.1. The van der Waals surface area contributed by atoms with E-state index in [-0.39, 0.29) is 6.10 Å². The van der Waals surface area contributed by atoms with E-state index in [0.29, 0.717) is 0 Å². The van der Waals surface area contributed by atoms with E-state index < -0.39 is 0 Å². The van der Waals surface area contributed by atoms with E-state index >= 15 is 0 Å². The van der Waals surface area contributed by atoms with Crippen molar-refractivity contribution in [2.45, 2.75) is 64.4 Å². The SMILES string of the molecule is CCCCCCCCCCSCC(O)CN1CCOCC1. The van der Waals surface area contributed by atoms with Gasteiger partial charge in [0.05, 0.1) is 19.3 Å². The molecule has 4 heteroatoms. The highest BCUT2D eigenvalue weighted by Gasteiger charge is 2.14. The molecule has 0 aromatic heterocycles. The quantitative estimate of drug-likeness (QED) is 0.527. The van der Waals surface area contributed by atoms with Crippen LogP contribution in [0.1, 0.15) is 58.3 Å². The van der Waals surface area contributed by atoms with Gasteiger partial charge in [-0.15, -0.1) is 0 Å². The number of rotatable bonds is 13. The molecule has 0 radical (unpaired) electrons. The first kappa shape index (κ1) is 19.3. The summed E-state index contributed by atoms with van der Waals surface area (Å²) in [5.74, 6) is 2.09. The fourth-order valence-electron chi connectivity index (χ4n) is 2.69. The lowest BCUT2D eigenvalue weighted by molar-refractivity contribution is 0.0188. The van der Waals surface area contributed by atoms with Gasteiger partial charge in [0, 0.05) is 25.4 Å². The van der Waals surface area contributed by atoms with Crippen molar-refractivity contribution in [3.05, 3.63) is 0 Å². The Balaban J connectivity index is 1.80. The van der Waals surface area contributed by atoms with Gasteiger partial charge in [0.2, 0.25) is 0 Å². The van der Waals surface area contributed by atoms with Crippen LogP contribution in [0, 0.1) is 0 Å². The third kappa shape index (κ3) is 11.5. The van der Waals surface area contributed by atoms with Crippen molar-refractivity contribution in [3.63, 3.8) is 0 Å². The highest BCUT2D eigenvalue weighted by Crippen LogP contribution is 2.12. The van der Waals surface area contributed by atoms with Crippen molar-refractivity contribution >= 4 is 11.8 Å². The molecule has 0 aliphatic carbocycles. The van der Waals surface area contributed by atoms with Crippen LogP contribution in [-0.2, 0) is 4.74 Å². The molecule has 1 rings (SSSR count). The Kier molecular flexibility index (Phi) is 12.7. The highest BCUT2D eigenvalue weighted by molar-refractivity contribution is 7.99. The van der Waals surface area contributed by atoms with Gasteiger partial charge in [0.1, 0.15) is 0 Å². The predicted octanol–water partition coefficient (Wildman–Crippen LogP) is 3.55. The largest absolute Gasteiger partial charge is 0.391 e. The van der Waals surface area contributed by atoms with E-state index in [0.717, 1.165) is 38.6 Å². The third-order valence-electron chi connectivity index (χ3n) is 4.03. The number of hydrogen-bond acceptors (Lipinski definition) is 4. The zero-order valence-electron chi connectivity index (χ0n) is 13.9. The van der Waals surface area contributed by atoms with Crippen molar-refractivity contribution in [1.29, 1.82) is 0 Å². The smallest absolute Gasteiger partial charge is 0.0757 e. The number of aliphatic hydroxyl groups excluding tert-OH is 1. The monoisotopic (exact) mass is 317 g/mol. The maximum atomic E-state index is 10.0. The van der Waals surface area contributed by atoms with Gasteiger partial charge in [0.15, 0.2) is 0 Å². The molecule has 0 spiro atoms. The van der Waals surface area contributed by atoms with Crippen LogP contribution in [0.2, 0.25) is 0 Å². The van der Waals surface area contributed by atoms with Gasteiger partial charge in [-0.05, 0) is 12.2 Å². The standard InChI is InChI=1S/C17H35NO2S/c1-2-3-4-5-6-7-8-9-14-21-16-17(19)15-18-10-12-20-13-11-18/h17,19H,2-16H2,1H3. The number of ether oxygens (including phenoxy) is 1. The van der Waals surface area contributed by atoms with Crippen molar-refractivity contribution in [1.82, 2.24) is 4.90 Å². The van der Waals surface area contributed by atoms with Crippen LogP contribution in [0.5, 0.6) is 0 Å². The fourth-order valence-corrected chi connectivity index (χ4v) is 3.64. The predicted molar refractivity (Wildman–Crippen MR) is 93.2 cm³/mol. The molecule has 1 unspecified atom stereocenters. The molecule has 1 saturated heterocycles. The lowest BCUT2D eigenvalue weighted by Crippen LogP contribution is -2.41. The summed E-state index contributed by atoms with van der Waals surface area (Å²) in [4.78, 5) is 2.31.